The first-order valence-electron chi connectivity index (χ1n) is 9.00. The Labute approximate surface area is 177 Å². The molecule has 30 heavy (non-hydrogen) atoms. The van der Waals surface area contributed by atoms with Crippen molar-refractivity contribution in [1.82, 2.24) is 0 Å². The van der Waals surface area contributed by atoms with Crippen molar-refractivity contribution >= 4 is 40.5 Å². The van der Waals surface area contributed by atoms with E-state index in [1.165, 1.54) is 44.7 Å². The maximum absolute atomic E-state index is 12.7. The second-order valence-corrected chi connectivity index (χ2v) is 7.35. The highest BCUT2D eigenvalue weighted by Gasteiger charge is 2.36. The highest BCUT2D eigenvalue weighted by atomic mass is 32.1. The largest absolute Gasteiger partial charge is 0.493 e. The van der Waals surface area contributed by atoms with Gasteiger partial charge in [0.05, 0.1) is 45.7 Å². The minimum Gasteiger partial charge on any atom is -0.493 e. The fourth-order valence-electron chi connectivity index (χ4n) is 3.25. The summed E-state index contributed by atoms with van der Waals surface area (Å²) in [6, 6.07) is 4.95. The van der Waals surface area contributed by atoms with E-state index in [2.05, 4.69) is 5.32 Å². The van der Waals surface area contributed by atoms with Crippen LogP contribution in [0, 0.1) is 5.92 Å². The van der Waals surface area contributed by atoms with Gasteiger partial charge in [-0.25, -0.2) is 4.79 Å². The second kappa shape index (κ2) is 9.04. The predicted molar refractivity (Wildman–Crippen MR) is 111 cm³/mol. The minimum absolute atomic E-state index is 0.0419. The summed E-state index contributed by atoms with van der Waals surface area (Å²) in [6.45, 7) is 0.182. The zero-order valence-electron chi connectivity index (χ0n) is 17.0. The fourth-order valence-corrected chi connectivity index (χ4v) is 4.01. The third kappa shape index (κ3) is 4.04. The van der Waals surface area contributed by atoms with Crippen LogP contribution in [0.1, 0.15) is 16.1 Å². The van der Waals surface area contributed by atoms with E-state index < -0.39 is 11.9 Å². The summed E-state index contributed by atoms with van der Waals surface area (Å²) in [5.41, 5.74) is 0.908. The van der Waals surface area contributed by atoms with Crippen molar-refractivity contribution in [2.24, 2.45) is 5.92 Å². The number of methoxy groups -OCH3 is 4. The van der Waals surface area contributed by atoms with E-state index in [0.29, 0.717) is 33.5 Å². The maximum atomic E-state index is 12.7. The molecule has 1 aliphatic rings. The van der Waals surface area contributed by atoms with E-state index in [9.17, 15) is 14.4 Å². The topological polar surface area (TPSA) is 103 Å². The first-order chi connectivity index (χ1) is 14.4. The molecule has 10 heteroatoms. The van der Waals surface area contributed by atoms with Gasteiger partial charge < -0.3 is 29.2 Å². The molecule has 1 saturated heterocycles. The van der Waals surface area contributed by atoms with Crippen molar-refractivity contribution in [3.8, 4) is 17.2 Å². The lowest BCUT2D eigenvalue weighted by Gasteiger charge is -2.20. The van der Waals surface area contributed by atoms with Crippen LogP contribution in [0.2, 0.25) is 0 Å². The molecule has 1 atom stereocenters. The van der Waals surface area contributed by atoms with Crippen molar-refractivity contribution < 1.29 is 33.3 Å². The molecule has 0 aliphatic carbocycles. The normalized spacial score (nSPS) is 15.7. The molecule has 2 heterocycles. The van der Waals surface area contributed by atoms with E-state index in [1.807, 2.05) is 0 Å². The molecule has 2 aromatic rings. The number of nitrogens with zero attached hydrogens (tertiary/aromatic N) is 1. The van der Waals surface area contributed by atoms with Gasteiger partial charge in [-0.05, 0) is 11.4 Å². The van der Waals surface area contributed by atoms with Gasteiger partial charge in [-0.3, -0.25) is 9.59 Å². The summed E-state index contributed by atoms with van der Waals surface area (Å²) in [6.07, 6.45) is 0.0419. The van der Waals surface area contributed by atoms with E-state index in [4.69, 9.17) is 18.9 Å². The SMILES string of the molecule is COC(=O)c1sccc1NC(=O)C1CC(=O)N(c2cc(OC)c(OC)c(OC)c2)C1. The van der Waals surface area contributed by atoms with Crippen LogP contribution in [0.4, 0.5) is 11.4 Å². The molecule has 1 fully saturated rings. The van der Waals surface area contributed by atoms with Crippen molar-refractivity contribution in [3.05, 3.63) is 28.5 Å². The van der Waals surface area contributed by atoms with Crippen LogP contribution in [0.15, 0.2) is 23.6 Å². The number of benzene rings is 1. The van der Waals surface area contributed by atoms with Crippen molar-refractivity contribution in [2.45, 2.75) is 6.42 Å². The second-order valence-electron chi connectivity index (χ2n) is 6.43. The average Bonchev–Trinajstić information content (AvgIpc) is 3.38. The van der Waals surface area contributed by atoms with Gasteiger partial charge in [0.1, 0.15) is 4.88 Å². The molecule has 1 N–H and O–H groups in total. The molecule has 1 aliphatic heterocycles. The number of rotatable bonds is 7. The van der Waals surface area contributed by atoms with Gasteiger partial charge in [-0.2, -0.15) is 0 Å². The van der Waals surface area contributed by atoms with E-state index >= 15 is 0 Å². The summed E-state index contributed by atoms with van der Waals surface area (Å²) in [7, 11) is 5.75. The number of anilines is 2. The van der Waals surface area contributed by atoms with Gasteiger partial charge in [0.2, 0.25) is 17.6 Å². The lowest BCUT2D eigenvalue weighted by Crippen LogP contribution is -2.28. The Morgan fingerprint density at radius 1 is 1.10 bits per heavy atom. The quantitative estimate of drug-likeness (QED) is 0.668. The molecule has 0 bridgehead atoms. The van der Waals surface area contributed by atoms with Crippen LogP contribution in [-0.2, 0) is 14.3 Å². The molecule has 0 radical (unpaired) electrons. The lowest BCUT2D eigenvalue weighted by atomic mass is 10.1. The Morgan fingerprint density at radius 2 is 1.77 bits per heavy atom. The number of carbonyl (C=O) groups excluding carboxylic acids is 3. The highest BCUT2D eigenvalue weighted by Crippen LogP contribution is 2.42. The summed E-state index contributed by atoms with van der Waals surface area (Å²) in [4.78, 5) is 39.0. The molecule has 1 unspecified atom stereocenters. The van der Waals surface area contributed by atoms with Gasteiger partial charge in [-0.15, -0.1) is 11.3 Å². The van der Waals surface area contributed by atoms with E-state index in [-0.39, 0.29) is 24.8 Å². The number of hydrogen-bond acceptors (Lipinski definition) is 8. The number of hydrogen-bond donors (Lipinski definition) is 1. The molecular weight excluding hydrogens is 412 g/mol. The molecule has 1 aromatic heterocycles. The monoisotopic (exact) mass is 434 g/mol. The highest BCUT2D eigenvalue weighted by molar-refractivity contribution is 7.12. The molecule has 9 nitrogen and oxygen atoms in total. The van der Waals surface area contributed by atoms with Crippen LogP contribution in [0.5, 0.6) is 17.2 Å². The Balaban J connectivity index is 1.79. The lowest BCUT2D eigenvalue weighted by molar-refractivity contribution is -0.122. The standard InChI is InChI=1S/C20H22N2O7S/c1-26-14-8-12(9-15(27-2)17(14)28-3)22-10-11(7-16(22)23)19(24)21-13-5-6-30-18(13)20(25)29-4/h5-6,8-9,11H,7,10H2,1-4H3,(H,21,24). The van der Waals surface area contributed by atoms with Crippen molar-refractivity contribution in [3.63, 3.8) is 0 Å². The Hall–Kier alpha value is -3.27. The number of carbonyl (C=O) groups is 3. The third-order valence-corrected chi connectivity index (χ3v) is 5.65. The molecule has 160 valence electrons. The zero-order chi connectivity index (χ0) is 21.8. The van der Waals surface area contributed by atoms with Crippen LogP contribution >= 0.6 is 11.3 Å². The summed E-state index contributed by atoms with van der Waals surface area (Å²) < 4.78 is 20.7. The van der Waals surface area contributed by atoms with Crippen LogP contribution in [0.25, 0.3) is 0 Å². The van der Waals surface area contributed by atoms with E-state index in [0.717, 1.165) is 0 Å². The fraction of sp³-hybridized carbons (Fsp3) is 0.350. The molecular formula is C20H22N2O7S. The summed E-state index contributed by atoms with van der Waals surface area (Å²) >= 11 is 1.17. The van der Waals surface area contributed by atoms with Gasteiger partial charge >= 0.3 is 5.97 Å². The minimum atomic E-state index is -0.581. The Morgan fingerprint density at radius 3 is 2.33 bits per heavy atom. The van der Waals surface area contributed by atoms with Crippen LogP contribution < -0.4 is 24.4 Å². The number of nitrogens with one attached hydrogen (secondary N) is 1. The smallest absolute Gasteiger partial charge is 0.350 e. The molecule has 0 saturated carbocycles. The number of esters is 1. The maximum Gasteiger partial charge on any atom is 0.350 e. The molecule has 2 amide bonds. The third-order valence-electron chi connectivity index (χ3n) is 4.75. The zero-order valence-corrected chi connectivity index (χ0v) is 17.8. The van der Waals surface area contributed by atoms with Gasteiger partial charge in [0, 0.05) is 25.1 Å². The predicted octanol–water partition coefficient (Wildman–Crippen LogP) is 2.55. The van der Waals surface area contributed by atoms with E-state index in [1.54, 1.807) is 23.6 Å². The number of amides is 2. The van der Waals surface area contributed by atoms with Crippen molar-refractivity contribution in [2.75, 3.05) is 45.2 Å². The molecule has 0 spiro atoms. The average molecular weight is 434 g/mol. The van der Waals surface area contributed by atoms with Crippen LogP contribution in [0.3, 0.4) is 0 Å². The first kappa shape index (κ1) is 21.4. The first-order valence-corrected chi connectivity index (χ1v) is 9.88. The molecule has 1 aromatic carbocycles. The Kier molecular flexibility index (Phi) is 6.46. The number of ether oxygens (including phenoxy) is 4. The van der Waals surface area contributed by atoms with Gasteiger partial charge in [0.15, 0.2) is 11.5 Å². The van der Waals surface area contributed by atoms with Crippen molar-refractivity contribution in [1.29, 1.82) is 0 Å². The number of thiophene rings is 1. The summed E-state index contributed by atoms with van der Waals surface area (Å²) in [5.74, 6) is -0.423. The Bertz CT molecular complexity index is 947. The van der Waals surface area contributed by atoms with Gasteiger partial charge in [-0.1, -0.05) is 0 Å². The van der Waals surface area contributed by atoms with Crippen LogP contribution in [-0.4, -0.2) is 52.8 Å². The van der Waals surface area contributed by atoms with Gasteiger partial charge in [0.25, 0.3) is 0 Å². The molecule has 3 rings (SSSR count). The summed E-state index contributed by atoms with van der Waals surface area (Å²) in [5, 5.41) is 4.41.